The normalized spacial score (nSPS) is 31.6. The highest BCUT2D eigenvalue weighted by atomic mass is 16.6. The molecule has 2 aliphatic rings. The molecular weight excluding hydrogens is 338 g/mol. The number of hydrogen-bond acceptors (Lipinski definition) is 3. The molecule has 148 valence electrons. The molecule has 3 rings (SSSR count). The van der Waals surface area contributed by atoms with Crippen LogP contribution in [0.25, 0.3) is 0 Å². The van der Waals surface area contributed by atoms with Crippen LogP contribution in [-0.2, 0) is 9.53 Å². The predicted molar refractivity (Wildman–Crippen MR) is 107 cm³/mol. The Morgan fingerprint density at radius 3 is 2.56 bits per heavy atom. The van der Waals surface area contributed by atoms with Gasteiger partial charge in [-0.15, -0.1) is 0 Å². The molecule has 27 heavy (non-hydrogen) atoms. The standard InChI is InChI=1S/C23H33NO3/c1-15(2)19-11-9-16(3)13-22(19)27-23(26)24-20-14-18(10-12-21(20)25)17-7-5-4-6-8-17/h4-8,15-16,18-20,22H,9-14H2,1-3H3,(H,24,26)/t16-,18-,19+,20-,22+/m1/s1. The maximum atomic E-state index is 12.6. The van der Waals surface area contributed by atoms with E-state index in [1.165, 1.54) is 12.0 Å². The molecule has 5 atom stereocenters. The van der Waals surface area contributed by atoms with Crippen LogP contribution >= 0.6 is 0 Å². The van der Waals surface area contributed by atoms with Crippen LogP contribution in [0.2, 0.25) is 0 Å². The maximum Gasteiger partial charge on any atom is 0.408 e. The Hall–Kier alpha value is -1.84. The first-order chi connectivity index (χ1) is 12.9. The van der Waals surface area contributed by atoms with Gasteiger partial charge in [0.2, 0.25) is 0 Å². The van der Waals surface area contributed by atoms with Crippen LogP contribution < -0.4 is 5.32 Å². The van der Waals surface area contributed by atoms with Crippen molar-refractivity contribution in [3.05, 3.63) is 35.9 Å². The van der Waals surface area contributed by atoms with E-state index in [9.17, 15) is 9.59 Å². The molecule has 0 heterocycles. The van der Waals surface area contributed by atoms with E-state index in [2.05, 4.69) is 38.2 Å². The second-order valence-corrected chi connectivity index (χ2v) is 8.82. The Bertz CT molecular complexity index is 642. The van der Waals surface area contributed by atoms with Crippen molar-refractivity contribution in [3.8, 4) is 0 Å². The van der Waals surface area contributed by atoms with Crippen molar-refractivity contribution >= 4 is 11.9 Å². The van der Waals surface area contributed by atoms with E-state index in [1.54, 1.807) is 0 Å². The lowest BCUT2D eigenvalue weighted by Gasteiger charge is -2.37. The van der Waals surface area contributed by atoms with Gasteiger partial charge in [-0.05, 0) is 54.9 Å². The first kappa shape index (κ1) is 19.9. The maximum absolute atomic E-state index is 12.6. The second kappa shape index (κ2) is 8.90. The number of carbonyl (C=O) groups excluding carboxylic acids is 2. The van der Waals surface area contributed by atoms with Crippen LogP contribution in [0.3, 0.4) is 0 Å². The minimum atomic E-state index is -0.435. The van der Waals surface area contributed by atoms with E-state index in [4.69, 9.17) is 4.74 Å². The molecule has 2 saturated carbocycles. The third-order valence-electron chi connectivity index (χ3n) is 6.43. The molecule has 2 fully saturated rings. The second-order valence-electron chi connectivity index (χ2n) is 8.82. The fourth-order valence-corrected chi connectivity index (χ4v) is 4.76. The summed E-state index contributed by atoms with van der Waals surface area (Å²) < 4.78 is 5.83. The molecule has 2 aliphatic carbocycles. The van der Waals surface area contributed by atoms with Crippen LogP contribution in [0, 0.1) is 17.8 Å². The van der Waals surface area contributed by atoms with E-state index in [0.29, 0.717) is 36.5 Å². The van der Waals surface area contributed by atoms with Crippen LogP contribution in [0.15, 0.2) is 30.3 Å². The van der Waals surface area contributed by atoms with E-state index in [-0.39, 0.29) is 11.9 Å². The number of benzene rings is 1. The Morgan fingerprint density at radius 1 is 1.11 bits per heavy atom. The fourth-order valence-electron chi connectivity index (χ4n) is 4.76. The summed E-state index contributed by atoms with van der Waals surface area (Å²) >= 11 is 0. The van der Waals surface area contributed by atoms with Gasteiger partial charge in [-0.2, -0.15) is 0 Å². The highest BCUT2D eigenvalue weighted by molar-refractivity contribution is 5.88. The Kier molecular flexibility index (Phi) is 6.56. The van der Waals surface area contributed by atoms with Gasteiger partial charge >= 0.3 is 6.09 Å². The topological polar surface area (TPSA) is 55.4 Å². The van der Waals surface area contributed by atoms with Crippen molar-refractivity contribution in [2.24, 2.45) is 17.8 Å². The van der Waals surface area contributed by atoms with Gasteiger partial charge in [-0.25, -0.2) is 4.79 Å². The molecule has 4 nitrogen and oxygen atoms in total. The average molecular weight is 372 g/mol. The van der Waals surface area contributed by atoms with Gasteiger partial charge in [-0.1, -0.05) is 57.5 Å². The molecule has 0 aliphatic heterocycles. The number of hydrogen-bond donors (Lipinski definition) is 1. The largest absolute Gasteiger partial charge is 0.446 e. The predicted octanol–water partition coefficient (Wildman–Crippen LogP) is 5.08. The number of ether oxygens (including phenoxy) is 1. The first-order valence-corrected chi connectivity index (χ1v) is 10.5. The smallest absolute Gasteiger partial charge is 0.408 e. The zero-order chi connectivity index (χ0) is 19.4. The number of nitrogens with one attached hydrogen (secondary N) is 1. The fraction of sp³-hybridized carbons (Fsp3) is 0.652. The summed E-state index contributed by atoms with van der Waals surface area (Å²) in [6.45, 7) is 6.62. The summed E-state index contributed by atoms with van der Waals surface area (Å²) in [7, 11) is 0. The van der Waals surface area contributed by atoms with Crippen molar-refractivity contribution < 1.29 is 14.3 Å². The van der Waals surface area contributed by atoms with E-state index in [0.717, 1.165) is 19.3 Å². The monoisotopic (exact) mass is 371 g/mol. The highest BCUT2D eigenvalue weighted by Gasteiger charge is 2.35. The van der Waals surface area contributed by atoms with Crippen molar-refractivity contribution in [2.75, 3.05) is 0 Å². The molecular formula is C23H33NO3. The van der Waals surface area contributed by atoms with Gasteiger partial charge in [0.15, 0.2) is 5.78 Å². The van der Waals surface area contributed by atoms with Crippen molar-refractivity contribution in [3.63, 3.8) is 0 Å². The third kappa shape index (κ3) is 5.12. The lowest BCUT2D eigenvalue weighted by Crippen LogP contribution is -2.46. The number of ketones is 1. The van der Waals surface area contributed by atoms with E-state index < -0.39 is 12.1 Å². The van der Waals surface area contributed by atoms with Gasteiger partial charge in [0.1, 0.15) is 6.10 Å². The molecule has 0 spiro atoms. The quantitative estimate of drug-likeness (QED) is 0.803. The Morgan fingerprint density at radius 2 is 1.85 bits per heavy atom. The van der Waals surface area contributed by atoms with Gasteiger partial charge in [0.05, 0.1) is 6.04 Å². The number of carbonyl (C=O) groups is 2. The zero-order valence-electron chi connectivity index (χ0n) is 16.8. The van der Waals surface area contributed by atoms with Crippen LogP contribution in [-0.4, -0.2) is 24.0 Å². The molecule has 1 aromatic carbocycles. The van der Waals surface area contributed by atoms with Crippen molar-refractivity contribution in [1.82, 2.24) is 5.32 Å². The molecule has 1 aromatic rings. The number of amides is 1. The van der Waals surface area contributed by atoms with Crippen LogP contribution in [0.4, 0.5) is 4.79 Å². The summed E-state index contributed by atoms with van der Waals surface area (Å²) in [6.07, 6.45) is 4.78. The summed E-state index contributed by atoms with van der Waals surface area (Å²) in [5.41, 5.74) is 1.24. The van der Waals surface area contributed by atoms with E-state index in [1.807, 2.05) is 18.2 Å². The van der Waals surface area contributed by atoms with Crippen molar-refractivity contribution in [1.29, 1.82) is 0 Å². The Balaban J connectivity index is 1.59. The lowest BCUT2D eigenvalue weighted by molar-refractivity contribution is -0.122. The zero-order valence-corrected chi connectivity index (χ0v) is 16.8. The molecule has 0 unspecified atom stereocenters. The van der Waals surface area contributed by atoms with Crippen LogP contribution in [0.5, 0.6) is 0 Å². The van der Waals surface area contributed by atoms with E-state index >= 15 is 0 Å². The number of Topliss-reactive ketones (excluding diaryl/α,β-unsaturated/α-hetero) is 1. The highest BCUT2D eigenvalue weighted by Crippen LogP contribution is 2.36. The van der Waals surface area contributed by atoms with Crippen molar-refractivity contribution in [2.45, 2.75) is 77.4 Å². The molecule has 1 amide bonds. The van der Waals surface area contributed by atoms with Gasteiger partial charge in [0, 0.05) is 6.42 Å². The van der Waals surface area contributed by atoms with Gasteiger partial charge < -0.3 is 10.1 Å². The molecule has 0 radical (unpaired) electrons. The summed E-state index contributed by atoms with van der Waals surface area (Å²) in [6, 6.07) is 9.83. The molecule has 4 heteroatoms. The summed E-state index contributed by atoms with van der Waals surface area (Å²) in [5.74, 6) is 1.92. The van der Waals surface area contributed by atoms with Crippen LogP contribution in [0.1, 0.15) is 70.8 Å². The summed E-state index contributed by atoms with van der Waals surface area (Å²) in [5, 5.41) is 2.88. The minimum absolute atomic E-state index is 0.0441. The SMILES string of the molecule is CC(C)[C@@H]1CC[C@@H](C)C[C@@H]1OC(=O)N[C@@H]1C[C@H](c2ccccc2)CCC1=O. The molecule has 1 N–H and O–H groups in total. The number of rotatable bonds is 4. The molecule has 0 saturated heterocycles. The third-order valence-corrected chi connectivity index (χ3v) is 6.43. The number of alkyl carbamates (subject to hydrolysis) is 1. The molecule has 0 bridgehead atoms. The van der Waals surface area contributed by atoms with Gasteiger partial charge in [-0.3, -0.25) is 4.79 Å². The van der Waals surface area contributed by atoms with Gasteiger partial charge in [0.25, 0.3) is 0 Å². The first-order valence-electron chi connectivity index (χ1n) is 10.5. The average Bonchev–Trinajstić information content (AvgIpc) is 2.64. The minimum Gasteiger partial charge on any atom is -0.446 e. The lowest BCUT2D eigenvalue weighted by atomic mass is 9.75. The summed E-state index contributed by atoms with van der Waals surface area (Å²) in [4.78, 5) is 24.9. The Labute approximate surface area is 163 Å². The molecule has 0 aromatic heterocycles.